The lowest BCUT2D eigenvalue weighted by molar-refractivity contribution is -0.134. The highest BCUT2D eigenvalue weighted by molar-refractivity contribution is 7.92. The smallest absolute Gasteiger partial charge is 0.257 e. The van der Waals surface area contributed by atoms with Crippen LogP contribution in [0.2, 0.25) is 0 Å². The Kier molecular flexibility index (Phi) is 8.19. The number of carbonyl (C=O) groups excluding carboxylic acids is 2. The molecular formula is C22H34N4O6S. The highest BCUT2D eigenvalue weighted by Gasteiger charge is 2.39. The van der Waals surface area contributed by atoms with Crippen molar-refractivity contribution in [3.8, 4) is 5.75 Å². The molecule has 1 saturated heterocycles. The van der Waals surface area contributed by atoms with Gasteiger partial charge in [0.05, 0.1) is 30.4 Å². The number of nitrogens with zero attached hydrogens (tertiary/aromatic N) is 2. The number of sulfonamides is 1. The first-order chi connectivity index (χ1) is 15.5. The average Bonchev–Trinajstić information content (AvgIpc) is 2.73. The number of hydrogen-bond donors (Lipinski definition) is 2. The Morgan fingerprint density at radius 1 is 1.27 bits per heavy atom. The van der Waals surface area contributed by atoms with E-state index in [0.29, 0.717) is 36.4 Å². The maximum absolute atomic E-state index is 13.2. The van der Waals surface area contributed by atoms with Crippen LogP contribution in [-0.2, 0) is 19.6 Å². The number of anilines is 1. The zero-order valence-corrected chi connectivity index (χ0v) is 20.5. The standard InChI is InChI=1S/C22H34N4O6S/c1-25(2)11-5-10-23-21(27)13-16-7-8-18-20(32-16)14-31-19-9-6-15(24-33(4,29)30)12-17(19)22(28)26(18)3/h6,9,12,16,18,20,24H,5,7-8,10-11,13-14H2,1-4H3,(H,23,27)/t16-,18-,20-/m0/s1. The van der Waals surface area contributed by atoms with Crippen LogP contribution in [0.4, 0.5) is 5.69 Å². The van der Waals surface area contributed by atoms with Gasteiger partial charge in [0, 0.05) is 19.3 Å². The number of nitrogens with one attached hydrogen (secondary N) is 2. The van der Waals surface area contributed by atoms with Gasteiger partial charge in [-0.3, -0.25) is 14.3 Å². The molecule has 0 spiro atoms. The highest BCUT2D eigenvalue weighted by Crippen LogP contribution is 2.32. The molecule has 1 aromatic rings. The maximum Gasteiger partial charge on any atom is 0.257 e. The number of likely N-dealkylation sites (N-methyl/N-ethyl adjacent to an activating group) is 1. The van der Waals surface area contributed by atoms with Gasteiger partial charge in [-0.05, 0) is 58.1 Å². The molecule has 10 nitrogen and oxygen atoms in total. The van der Waals surface area contributed by atoms with Crippen molar-refractivity contribution < 1.29 is 27.5 Å². The van der Waals surface area contributed by atoms with E-state index in [-0.39, 0.29) is 43.1 Å². The van der Waals surface area contributed by atoms with E-state index in [4.69, 9.17) is 9.47 Å². The summed E-state index contributed by atoms with van der Waals surface area (Å²) in [6.07, 6.45) is 2.97. The quantitative estimate of drug-likeness (QED) is 0.529. The van der Waals surface area contributed by atoms with Crippen molar-refractivity contribution in [2.24, 2.45) is 0 Å². The van der Waals surface area contributed by atoms with E-state index in [1.54, 1.807) is 24.1 Å². The van der Waals surface area contributed by atoms with Crippen LogP contribution < -0.4 is 14.8 Å². The summed E-state index contributed by atoms with van der Waals surface area (Å²) >= 11 is 0. The minimum Gasteiger partial charge on any atom is -0.490 e. The van der Waals surface area contributed by atoms with E-state index in [2.05, 4.69) is 14.9 Å². The molecule has 2 aliphatic heterocycles. The van der Waals surface area contributed by atoms with Crippen molar-refractivity contribution in [1.29, 1.82) is 0 Å². The zero-order chi connectivity index (χ0) is 24.2. The summed E-state index contributed by atoms with van der Waals surface area (Å²) in [5, 5.41) is 2.94. The van der Waals surface area contributed by atoms with Crippen LogP contribution in [0.15, 0.2) is 18.2 Å². The molecule has 2 amide bonds. The van der Waals surface area contributed by atoms with Crippen molar-refractivity contribution in [3.05, 3.63) is 23.8 Å². The molecule has 0 aliphatic carbocycles. The SMILES string of the molecule is CN(C)CCCNC(=O)C[C@@H]1CC[C@H]2[C@H](COc3ccc(NS(C)(=O)=O)cc3C(=O)N2C)O1. The van der Waals surface area contributed by atoms with Crippen molar-refractivity contribution in [2.75, 3.05) is 51.8 Å². The molecule has 184 valence electrons. The number of benzene rings is 1. The van der Waals surface area contributed by atoms with Crippen LogP contribution in [0.25, 0.3) is 0 Å². The molecule has 0 bridgehead atoms. The largest absolute Gasteiger partial charge is 0.490 e. The Hall–Kier alpha value is -2.37. The van der Waals surface area contributed by atoms with Crippen molar-refractivity contribution in [1.82, 2.24) is 15.1 Å². The fourth-order valence-corrected chi connectivity index (χ4v) is 4.76. The molecule has 0 saturated carbocycles. The summed E-state index contributed by atoms with van der Waals surface area (Å²) in [5.41, 5.74) is 0.596. The molecule has 33 heavy (non-hydrogen) atoms. The summed E-state index contributed by atoms with van der Waals surface area (Å²) in [5.74, 6) is 0.0656. The Morgan fingerprint density at radius 2 is 2.03 bits per heavy atom. The van der Waals surface area contributed by atoms with E-state index in [1.165, 1.54) is 6.07 Å². The van der Waals surface area contributed by atoms with E-state index in [0.717, 1.165) is 19.2 Å². The third-order valence-corrected chi connectivity index (χ3v) is 6.44. The lowest BCUT2D eigenvalue weighted by atomic mass is 9.94. The second-order valence-corrected chi connectivity index (χ2v) is 10.7. The summed E-state index contributed by atoms with van der Waals surface area (Å²) in [7, 11) is 2.24. The normalized spacial score (nSPS) is 23.1. The number of carbonyl (C=O) groups is 2. The Morgan fingerprint density at radius 3 is 2.73 bits per heavy atom. The molecule has 11 heteroatoms. The van der Waals surface area contributed by atoms with Crippen molar-refractivity contribution >= 4 is 27.5 Å². The second kappa shape index (κ2) is 10.7. The van der Waals surface area contributed by atoms with Gasteiger partial charge in [-0.25, -0.2) is 8.42 Å². The topological polar surface area (TPSA) is 117 Å². The minimum atomic E-state index is -3.47. The van der Waals surface area contributed by atoms with Crippen molar-refractivity contribution in [2.45, 2.75) is 43.9 Å². The van der Waals surface area contributed by atoms with E-state index >= 15 is 0 Å². The van der Waals surface area contributed by atoms with Gasteiger partial charge in [0.2, 0.25) is 15.9 Å². The van der Waals surface area contributed by atoms with Crippen LogP contribution in [0.1, 0.15) is 36.0 Å². The van der Waals surface area contributed by atoms with Crippen LogP contribution in [0.5, 0.6) is 5.75 Å². The summed E-state index contributed by atoms with van der Waals surface area (Å²) in [6, 6.07) is 4.42. The molecule has 0 radical (unpaired) electrons. The fraction of sp³-hybridized carbons (Fsp3) is 0.636. The number of amides is 2. The molecular weight excluding hydrogens is 448 g/mol. The Labute approximate surface area is 195 Å². The molecule has 1 aromatic carbocycles. The molecule has 3 atom stereocenters. The minimum absolute atomic E-state index is 0.0374. The lowest BCUT2D eigenvalue weighted by Crippen LogP contribution is -2.54. The van der Waals surface area contributed by atoms with Gasteiger partial charge < -0.3 is 24.6 Å². The maximum atomic E-state index is 13.2. The van der Waals surface area contributed by atoms with Gasteiger partial charge in [0.1, 0.15) is 18.5 Å². The molecule has 0 unspecified atom stereocenters. The predicted octanol–water partition coefficient (Wildman–Crippen LogP) is 0.897. The van der Waals surface area contributed by atoms with Gasteiger partial charge in [-0.2, -0.15) is 0 Å². The first kappa shape index (κ1) is 25.3. The molecule has 2 N–H and O–H groups in total. The van der Waals surface area contributed by atoms with Crippen LogP contribution >= 0.6 is 0 Å². The van der Waals surface area contributed by atoms with E-state index in [1.807, 2.05) is 14.1 Å². The average molecular weight is 483 g/mol. The molecule has 2 aliphatic rings. The summed E-state index contributed by atoms with van der Waals surface area (Å²) in [4.78, 5) is 29.2. The monoisotopic (exact) mass is 482 g/mol. The second-order valence-electron chi connectivity index (χ2n) is 8.96. The number of rotatable bonds is 8. The fourth-order valence-electron chi connectivity index (χ4n) is 4.21. The van der Waals surface area contributed by atoms with E-state index < -0.39 is 10.0 Å². The molecule has 3 rings (SSSR count). The van der Waals surface area contributed by atoms with Gasteiger partial charge >= 0.3 is 0 Å². The van der Waals surface area contributed by atoms with E-state index in [9.17, 15) is 18.0 Å². The highest BCUT2D eigenvalue weighted by atomic mass is 32.2. The zero-order valence-electron chi connectivity index (χ0n) is 19.7. The Bertz CT molecular complexity index is 968. The van der Waals surface area contributed by atoms with Crippen LogP contribution in [0, 0.1) is 0 Å². The Balaban J connectivity index is 1.63. The molecule has 1 fully saturated rings. The first-order valence-corrected chi connectivity index (χ1v) is 13.0. The van der Waals surface area contributed by atoms with Crippen LogP contribution in [-0.4, -0.2) is 95.4 Å². The van der Waals surface area contributed by atoms with Gasteiger partial charge in [0.25, 0.3) is 5.91 Å². The van der Waals surface area contributed by atoms with Gasteiger partial charge in [0.15, 0.2) is 0 Å². The number of hydrogen-bond acceptors (Lipinski definition) is 7. The van der Waals surface area contributed by atoms with Crippen LogP contribution in [0.3, 0.4) is 0 Å². The summed E-state index contributed by atoms with van der Waals surface area (Å²) < 4.78 is 37.6. The van der Waals surface area contributed by atoms with Gasteiger partial charge in [-0.1, -0.05) is 0 Å². The lowest BCUT2D eigenvalue weighted by Gasteiger charge is -2.42. The summed E-state index contributed by atoms with van der Waals surface area (Å²) in [6.45, 7) is 1.77. The third-order valence-electron chi connectivity index (χ3n) is 5.83. The molecule has 0 aromatic heterocycles. The number of ether oxygens (including phenoxy) is 2. The third kappa shape index (κ3) is 7.05. The number of fused-ring (bicyclic) bond motifs is 2. The van der Waals surface area contributed by atoms with Crippen molar-refractivity contribution in [3.63, 3.8) is 0 Å². The first-order valence-electron chi connectivity index (χ1n) is 11.1. The molecule has 2 heterocycles. The predicted molar refractivity (Wildman–Crippen MR) is 125 cm³/mol. The van der Waals surface area contributed by atoms with Gasteiger partial charge in [-0.15, -0.1) is 0 Å².